The van der Waals surface area contributed by atoms with Gasteiger partial charge in [-0.05, 0) is 28.7 Å². The molecule has 1 heterocycles. The summed E-state index contributed by atoms with van der Waals surface area (Å²) in [6, 6.07) is 4.26. The third-order valence-electron chi connectivity index (χ3n) is 2.20. The quantitative estimate of drug-likeness (QED) is 0.465. The Balaban J connectivity index is 2.43. The van der Waals surface area contributed by atoms with E-state index in [2.05, 4.69) is 9.97 Å². The van der Waals surface area contributed by atoms with Gasteiger partial charge in [0.1, 0.15) is 12.1 Å². The normalized spacial score (nSPS) is 10.0. The van der Waals surface area contributed by atoms with E-state index in [4.69, 9.17) is 9.47 Å². The Hall–Kier alpha value is -1.97. The topological polar surface area (TPSA) is 87.4 Å². The van der Waals surface area contributed by atoms with Gasteiger partial charge >= 0.3 is 5.69 Å². The first kappa shape index (κ1) is 13.5. The maximum absolute atomic E-state index is 10.9. The monoisotopic (exact) mass is 373 g/mol. The van der Waals surface area contributed by atoms with Crippen LogP contribution < -0.4 is 9.47 Å². The summed E-state index contributed by atoms with van der Waals surface area (Å²) in [5.74, 6) is 0.789. The number of hydrogen-bond acceptors (Lipinski definition) is 6. The Morgan fingerprint density at radius 1 is 1.42 bits per heavy atom. The Morgan fingerprint density at radius 3 is 2.84 bits per heavy atom. The van der Waals surface area contributed by atoms with Crippen LogP contribution in [0.3, 0.4) is 0 Å². The van der Waals surface area contributed by atoms with Crippen LogP contribution in [0.2, 0.25) is 0 Å². The molecule has 8 heteroatoms. The Morgan fingerprint density at radius 2 is 2.21 bits per heavy atom. The maximum atomic E-state index is 10.9. The van der Waals surface area contributed by atoms with Crippen molar-refractivity contribution in [3.05, 3.63) is 44.4 Å². The third-order valence-corrected chi connectivity index (χ3v) is 2.94. The summed E-state index contributed by atoms with van der Waals surface area (Å²) in [4.78, 5) is 18.2. The molecule has 19 heavy (non-hydrogen) atoms. The van der Waals surface area contributed by atoms with Crippen LogP contribution in [0, 0.1) is 13.7 Å². The number of hydrogen-bond donors (Lipinski definition) is 0. The highest BCUT2D eigenvalue weighted by Crippen LogP contribution is 2.34. The molecule has 0 saturated carbocycles. The van der Waals surface area contributed by atoms with E-state index in [0.717, 1.165) is 0 Å². The van der Waals surface area contributed by atoms with Crippen molar-refractivity contribution in [3.8, 4) is 17.4 Å². The van der Waals surface area contributed by atoms with Crippen LogP contribution in [-0.4, -0.2) is 22.0 Å². The number of methoxy groups -OCH3 is 1. The van der Waals surface area contributed by atoms with Gasteiger partial charge in [-0.3, -0.25) is 10.1 Å². The number of benzene rings is 1. The number of nitro groups is 1. The minimum atomic E-state index is -0.525. The molecular weight excluding hydrogens is 365 g/mol. The molecule has 0 aliphatic carbocycles. The average Bonchev–Trinajstić information content (AvgIpc) is 2.41. The predicted molar refractivity (Wildman–Crippen MR) is 74.5 cm³/mol. The van der Waals surface area contributed by atoms with Crippen molar-refractivity contribution in [2.45, 2.75) is 0 Å². The summed E-state index contributed by atoms with van der Waals surface area (Å²) >= 11 is 1.98. The molecule has 0 N–H and O–H groups in total. The van der Waals surface area contributed by atoms with Crippen LogP contribution in [0.15, 0.2) is 30.7 Å². The number of aromatic nitrogens is 2. The minimum Gasteiger partial charge on any atom is -0.497 e. The molecular formula is C11H8IN3O4. The third kappa shape index (κ3) is 3.08. The molecule has 2 rings (SSSR count). The lowest BCUT2D eigenvalue weighted by molar-refractivity contribution is -0.385. The van der Waals surface area contributed by atoms with Crippen molar-refractivity contribution in [2.75, 3.05) is 7.11 Å². The lowest BCUT2D eigenvalue weighted by Crippen LogP contribution is -1.97. The zero-order valence-corrected chi connectivity index (χ0v) is 11.9. The van der Waals surface area contributed by atoms with E-state index in [-0.39, 0.29) is 17.3 Å². The summed E-state index contributed by atoms with van der Waals surface area (Å²) in [6.45, 7) is 0. The SMILES string of the molecule is COc1ccc([N+](=O)[O-])c(Oc2ncncc2I)c1. The molecule has 2 aromatic rings. The zero-order valence-electron chi connectivity index (χ0n) is 9.74. The van der Waals surface area contributed by atoms with Crippen molar-refractivity contribution in [1.82, 2.24) is 9.97 Å². The number of rotatable bonds is 4. The first-order chi connectivity index (χ1) is 9.11. The highest BCUT2D eigenvalue weighted by molar-refractivity contribution is 14.1. The first-order valence-corrected chi connectivity index (χ1v) is 6.15. The average molecular weight is 373 g/mol. The van der Waals surface area contributed by atoms with Crippen LogP contribution >= 0.6 is 22.6 Å². The molecule has 98 valence electrons. The molecule has 0 saturated heterocycles. The summed E-state index contributed by atoms with van der Waals surface area (Å²) < 4.78 is 11.1. The molecule has 0 spiro atoms. The molecule has 0 fully saturated rings. The van der Waals surface area contributed by atoms with Crippen LogP contribution in [-0.2, 0) is 0 Å². The Kier molecular flexibility index (Phi) is 4.10. The second-order valence-corrected chi connectivity index (χ2v) is 4.53. The van der Waals surface area contributed by atoms with Gasteiger partial charge in [0.2, 0.25) is 11.6 Å². The number of nitro benzene ring substituents is 1. The van der Waals surface area contributed by atoms with E-state index >= 15 is 0 Å². The van der Waals surface area contributed by atoms with Crippen molar-refractivity contribution in [1.29, 1.82) is 0 Å². The summed E-state index contributed by atoms with van der Waals surface area (Å²) in [7, 11) is 1.47. The van der Waals surface area contributed by atoms with E-state index in [9.17, 15) is 10.1 Å². The molecule has 7 nitrogen and oxygen atoms in total. The smallest absolute Gasteiger partial charge is 0.311 e. The molecule has 0 aliphatic rings. The van der Waals surface area contributed by atoms with E-state index in [1.54, 1.807) is 6.20 Å². The van der Waals surface area contributed by atoms with E-state index in [1.165, 1.54) is 31.6 Å². The van der Waals surface area contributed by atoms with Crippen LogP contribution in [0.25, 0.3) is 0 Å². The fourth-order valence-corrected chi connectivity index (χ4v) is 1.74. The molecule has 0 aliphatic heterocycles. The van der Waals surface area contributed by atoms with E-state index < -0.39 is 4.92 Å². The highest BCUT2D eigenvalue weighted by atomic mass is 127. The fourth-order valence-electron chi connectivity index (χ4n) is 1.33. The van der Waals surface area contributed by atoms with Crippen molar-refractivity contribution < 1.29 is 14.4 Å². The zero-order chi connectivity index (χ0) is 13.8. The van der Waals surface area contributed by atoms with Gasteiger partial charge in [0.25, 0.3) is 0 Å². The van der Waals surface area contributed by atoms with Gasteiger partial charge in [-0.2, -0.15) is 0 Å². The van der Waals surface area contributed by atoms with Crippen LogP contribution in [0.4, 0.5) is 5.69 Å². The van der Waals surface area contributed by atoms with Crippen LogP contribution in [0.5, 0.6) is 17.4 Å². The highest BCUT2D eigenvalue weighted by Gasteiger charge is 2.18. The van der Waals surface area contributed by atoms with Gasteiger partial charge in [-0.1, -0.05) is 0 Å². The van der Waals surface area contributed by atoms with E-state index in [1.807, 2.05) is 22.6 Å². The van der Waals surface area contributed by atoms with Gasteiger partial charge in [-0.15, -0.1) is 0 Å². The Bertz CT molecular complexity index is 621. The van der Waals surface area contributed by atoms with Gasteiger partial charge in [-0.25, -0.2) is 9.97 Å². The summed E-state index contributed by atoms with van der Waals surface area (Å²) in [6.07, 6.45) is 2.86. The Labute approximate surface area is 121 Å². The lowest BCUT2D eigenvalue weighted by Gasteiger charge is -2.08. The first-order valence-electron chi connectivity index (χ1n) is 5.07. The second-order valence-electron chi connectivity index (χ2n) is 3.37. The largest absolute Gasteiger partial charge is 0.497 e. The molecule has 0 unspecified atom stereocenters. The lowest BCUT2D eigenvalue weighted by atomic mass is 10.3. The molecule has 0 amide bonds. The minimum absolute atomic E-state index is 0.0703. The second kappa shape index (κ2) is 5.78. The fraction of sp³-hybridized carbons (Fsp3) is 0.0909. The van der Waals surface area contributed by atoms with Crippen LogP contribution in [0.1, 0.15) is 0 Å². The van der Waals surface area contributed by atoms with Gasteiger partial charge in [0.05, 0.1) is 15.6 Å². The van der Waals surface area contributed by atoms with Crippen molar-refractivity contribution >= 4 is 28.3 Å². The number of nitrogens with zero attached hydrogens (tertiary/aromatic N) is 3. The van der Waals surface area contributed by atoms with Gasteiger partial charge < -0.3 is 9.47 Å². The van der Waals surface area contributed by atoms with Crippen molar-refractivity contribution in [2.24, 2.45) is 0 Å². The van der Waals surface area contributed by atoms with Gasteiger partial charge in [0, 0.05) is 18.3 Å². The maximum Gasteiger partial charge on any atom is 0.311 e. The number of ether oxygens (including phenoxy) is 2. The van der Waals surface area contributed by atoms with E-state index in [0.29, 0.717) is 9.32 Å². The predicted octanol–water partition coefficient (Wildman–Crippen LogP) is 2.79. The molecule has 0 atom stereocenters. The standard InChI is InChI=1S/C11H8IN3O4/c1-18-7-2-3-9(15(16)17)10(4-7)19-11-8(12)5-13-6-14-11/h2-6H,1H3. The molecule has 0 bridgehead atoms. The molecule has 1 aromatic carbocycles. The number of halogens is 1. The summed E-state index contributed by atoms with van der Waals surface area (Å²) in [5.41, 5.74) is -0.157. The molecule has 1 aromatic heterocycles. The van der Waals surface area contributed by atoms with Crippen molar-refractivity contribution in [3.63, 3.8) is 0 Å². The summed E-state index contributed by atoms with van der Waals surface area (Å²) in [5, 5.41) is 10.9. The van der Waals surface area contributed by atoms with Gasteiger partial charge in [0.15, 0.2) is 0 Å². The molecule has 0 radical (unpaired) electrons.